The van der Waals surface area contributed by atoms with E-state index in [9.17, 15) is 13.2 Å². The monoisotopic (exact) mass is 368 g/mol. The highest BCUT2D eigenvalue weighted by Gasteiger charge is 2.29. The molecular weight excluding hydrogens is 340 g/mol. The van der Waals surface area contributed by atoms with Gasteiger partial charge in [-0.05, 0) is 37.3 Å². The van der Waals surface area contributed by atoms with Gasteiger partial charge in [0.2, 0.25) is 5.09 Å². The van der Waals surface area contributed by atoms with Gasteiger partial charge in [-0.1, -0.05) is 38.5 Å². The maximum Gasteiger partial charge on any atom is 0.287 e. The highest BCUT2D eigenvalue weighted by molar-refractivity contribution is 7.89. The maximum atomic E-state index is 12.5. The fourth-order valence-corrected chi connectivity index (χ4v) is 5.19. The van der Waals surface area contributed by atoms with Crippen molar-refractivity contribution in [2.75, 3.05) is 19.6 Å². The molecule has 0 radical (unpaired) electrons. The van der Waals surface area contributed by atoms with Gasteiger partial charge < -0.3 is 9.73 Å². The molecule has 1 saturated heterocycles. The first-order chi connectivity index (χ1) is 12.1. The first kappa shape index (κ1) is 18.5. The SMILES string of the molecule is O=C(NCCC1CCCCC1)c1ccc(S(=O)(=O)N2CCCCC2)o1. The molecule has 7 heteroatoms. The number of nitrogens with one attached hydrogen (secondary N) is 1. The zero-order valence-electron chi connectivity index (χ0n) is 14.7. The lowest BCUT2D eigenvalue weighted by atomic mass is 9.87. The van der Waals surface area contributed by atoms with E-state index in [-0.39, 0.29) is 16.8 Å². The molecule has 2 aliphatic rings. The largest absolute Gasteiger partial charge is 0.438 e. The standard InChI is InChI=1S/C18H28N2O4S/c21-18(19-12-11-15-7-3-1-4-8-15)16-9-10-17(24-16)25(22,23)20-13-5-2-6-14-20/h9-10,15H,1-8,11-14H2,(H,19,21). The third-order valence-corrected chi connectivity index (χ3v) is 7.05. The molecule has 0 spiro atoms. The van der Waals surface area contributed by atoms with Gasteiger partial charge in [0.15, 0.2) is 5.76 Å². The summed E-state index contributed by atoms with van der Waals surface area (Å²) in [6.07, 6.45) is 10.2. The van der Waals surface area contributed by atoms with Crippen molar-refractivity contribution in [3.63, 3.8) is 0 Å². The molecule has 1 N–H and O–H groups in total. The van der Waals surface area contributed by atoms with E-state index in [1.54, 1.807) is 0 Å². The molecule has 140 valence electrons. The van der Waals surface area contributed by atoms with Gasteiger partial charge in [-0.3, -0.25) is 4.79 Å². The molecule has 0 bridgehead atoms. The molecular formula is C18H28N2O4S. The molecule has 1 aromatic heterocycles. The predicted octanol–water partition coefficient (Wildman–Crippen LogP) is 3.15. The van der Waals surface area contributed by atoms with Crippen LogP contribution in [0.25, 0.3) is 0 Å². The minimum atomic E-state index is -3.63. The summed E-state index contributed by atoms with van der Waals surface area (Å²) >= 11 is 0. The van der Waals surface area contributed by atoms with Crippen LogP contribution in [0.2, 0.25) is 0 Å². The molecule has 0 atom stereocenters. The summed E-state index contributed by atoms with van der Waals surface area (Å²) in [6, 6.07) is 2.84. The Morgan fingerprint density at radius 3 is 2.48 bits per heavy atom. The van der Waals surface area contributed by atoms with Crippen molar-refractivity contribution in [1.29, 1.82) is 0 Å². The average molecular weight is 368 g/mol. The minimum absolute atomic E-state index is 0.0687. The van der Waals surface area contributed by atoms with Crippen LogP contribution in [-0.4, -0.2) is 38.3 Å². The number of hydrogen-bond donors (Lipinski definition) is 1. The van der Waals surface area contributed by atoms with Gasteiger partial charge in [-0.15, -0.1) is 0 Å². The van der Waals surface area contributed by atoms with Crippen LogP contribution in [0.15, 0.2) is 21.6 Å². The Balaban J connectivity index is 1.54. The number of rotatable bonds is 6. The van der Waals surface area contributed by atoms with Crippen molar-refractivity contribution in [3.05, 3.63) is 17.9 Å². The molecule has 1 aliphatic carbocycles. The third kappa shape index (κ3) is 4.64. The Morgan fingerprint density at radius 2 is 1.76 bits per heavy atom. The second-order valence-corrected chi connectivity index (χ2v) is 9.00. The van der Waals surface area contributed by atoms with Crippen molar-refractivity contribution < 1.29 is 17.6 Å². The predicted molar refractivity (Wildman–Crippen MR) is 94.8 cm³/mol. The average Bonchev–Trinajstić information content (AvgIpc) is 3.14. The van der Waals surface area contributed by atoms with E-state index >= 15 is 0 Å². The Morgan fingerprint density at radius 1 is 1.08 bits per heavy atom. The van der Waals surface area contributed by atoms with Gasteiger partial charge in [0, 0.05) is 19.6 Å². The maximum absolute atomic E-state index is 12.5. The van der Waals surface area contributed by atoms with Crippen LogP contribution in [-0.2, 0) is 10.0 Å². The zero-order chi connectivity index (χ0) is 17.7. The number of sulfonamides is 1. The van der Waals surface area contributed by atoms with Crippen molar-refractivity contribution in [2.45, 2.75) is 62.9 Å². The van der Waals surface area contributed by atoms with E-state index in [4.69, 9.17) is 4.42 Å². The smallest absolute Gasteiger partial charge is 0.287 e. The Bertz CT molecular complexity index is 671. The normalized spacial score (nSPS) is 20.5. The Labute approximate surface area is 150 Å². The second kappa shape index (κ2) is 8.36. The summed E-state index contributed by atoms with van der Waals surface area (Å²) in [5.41, 5.74) is 0. The molecule has 1 saturated carbocycles. The quantitative estimate of drug-likeness (QED) is 0.836. The number of furan rings is 1. The fourth-order valence-electron chi connectivity index (χ4n) is 3.77. The van der Waals surface area contributed by atoms with Gasteiger partial charge in [-0.2, -0.15) is 4.31 Å². The molecule has 2 heterocycles. The molecule has 1 aliphatic heterocycles. The van der Waals surface area contributed by atoms with E-state index in [0.717, 1.165) is 25.7 Å². The van der Waals surface area contributed by atoms with E-state index in [1.807, 2.05) is 0 Å². The second-order valence-electron chi connectivity index (χ2n) is 7.13. The molecule has 2 fully saturated rings. The summed E-state index contributed by atoms with van der Waals surface area (Å²) in [7, 11) is -3.63. The summed E-state index contributed by atoms with van der Waals surface area (Å²) in [6.45, 7) is 1.65. The van der Waals surface area contributed by atoms with Crippen molar-refractivity contribution in [3.8, 4) is 0 Å². The molecule has 1 amide bonds. The molecule has 0 unspecified atom stereocenters. The first-order valence-corrected chi connectivity index (χ1v) is 10.9. The summed E-state index contributed by atoms with van der Waals surface area (Å²) in [5.74, 6) is 0.427. The first-order valence-electron chi connectivity index (χ1n) is 9.45. The number of amides is 1. The molecule has 0 aromatic carbocycles. The van der Waals surface area contributed by atoms with Crippen molar-refractivity contribution >= 4 is 15.9 Å². The third-order valence-electron chi connectivity index (χ3n) is 5.28. The van der Waals surface area contributed by atoms with Crippen LogP contribution >= 0.6 is 0 Å². The van der Waals surface area contributed by atoms with Crippen LogP contribution in [0.5, 0.6) is 0 Å². The van der Waals surface area contributed by atoms with Gasteiger partial charge in [0.05, 0.1) is 0 Å². The highest BCUT2D eigenvalue weighted by Crippen LogP contribution is 2.26. The van der Waals surface area contributed by atoms with E-state index in [0.29, 0.717) is 25.6 Å². The van der Waals surface area contributed by atoms with E-state index in [2.05, 4.69) is 5.32 Å². The number of carbonyl (C=O) groups is 1. The number of nitrogens with zero attached hydrogens (tertiary/aromatic N) is 1. The minimum Gasteiger partial charge on any atom is -0.438 e. The fraction of sp³-hybridized carbons (Fsp3) is 0.722. The lowest BCUT2D eigenvalue weighted by Gasteiger charge is -2.24. The number of piperidine rings is 1. The van der Waals surface area contributed by atoms with Gasteiger partial charge >= 0.3 is 0 Å². The van der Waals surface area contributed by atoms with Gasteiger partial charge in [0.25, 0.3) is 15.9 Å². The van der Waals surface area contributed by atoms with Crippen molar-refractivity contribution in [2.24, 2.45) is 5.92 Å². The summed E-state index contributed by atoms with van der Waals surface area (Å²) in [5, 5.41) is 2.72. The Hall–Kier alpha value is -1.34. The van der Waals surface area contributed by atoms with Crippen LogP contribution in [0.3, 0.4) is 0 Å². The van der Waals surface area contributed by atoms with Crippen molar-refractivity contribution in [1.82, 2.24) is 9.62 Å². The molecule has 6 nitrogen and oxygen atoms in total. The highest BCUT2D eigenvalue weighted by atomic mass is 32.2. The number of carbonyl (C=O) groups excluding carboxylic acids is 1. The summed E-state index contributed by atoms with van der Waals surface area (Å²) < 4.78 is 31.9. The van der Waals surface area contributed by atoms with Crippen LogP contribution < -0.4 is 5.32 Å². The Kier molecular flexibility index (Phi) is 6.17. The number of hydrogen-bond acceptors (Lipinski definition) is 4. The van der Waals surface area contributed by atoms with Gasteiger partial charge in [-0.25, -0.2) is 8.42 Å². The molecule has 3 rings (SSSR count). The summed E-state index contributed by atoms with van der Waals surface area (Å²) in [4.78, 5) is 12.2. The zero-order valence-corrected chi connectivity index (χ0v) is 15.5. The molecule has 25 heavy (non-hydrogen) atoms. The molecule has 1 aromatic rings. The van der Waals surface area contributed by atoms with E-state index in [1.165, 1.54) is 48.5 Å². The topological polar surface area (TPSA) is 79.6 Å². The van der Waals surface area contributed by atoms with Crippen LogP contribution in [0.4, 0.5) is 0 Å². The lowest BCUT2D eigenvalue weighted by molar-refractivity contribution is 0.0917. The van der Waals surface area contributed by atoms with Crippen LogP contribution in [0.1, 0.15) is 68.3 Å². The van der Waals surface area contributed by atoms with E-state index < -0.39 is 10.0 Å². The lowest BCUT2D eigenvalue weighted by Crippen LogP contribution is -2.35. The van der Waals surface area contributed by atoms with Gasteiger partial charge in [0.1, 0.15) is 0 Å². The van der Waals surface area contributed by atoms with Crippen LogP contribution in [0, 0.1) is 5.92 Å².